The van der Waals surface area contributed by atoms with Gasteiger partial charge in [-0.3, -0.25) is 4.79 Å². The summed E-state index contributed by atoms with van der Waals surface area (Å²) < 4.78 is 12.1. The molecule has 0 saturated heterocycles. The number of furan rings is 1. The minimum Gasteiger partial charge on any atom is -0.496 e. The van der Waals surface area contributed by atoms with Crippen LogP contribution in [0, 0.1) is 13.8 Å². The average molecular weight is 414 g/mol. The molecule has 3 rings (SSSR count). The zero-order chi connectivity index (χ0) is 18.8. The molecular weight excluding hydrogens is 394 g/mol. The van der Waals surface area contributed by atoms with Crippen molar-refractivity contribution in [1.82, 2.24) is 0 Å². The van der Waals surface area contributed by atoms with Gasteiger partial charge in [-0.05, 0) is 56.2 Å². The number of hydrogen-bond acceptors (Lipinski definition) is 3. The molecule has 26 heavy (non-hydrogen) atoms. The Morgan fingerprint density at radius 2 is 2.04 bits per heavy atom. The molecule has 1 heterocycles. The first-order chi connectivity index (χ1) is 12.4. The Morgan fingerprint density at radius 1 is 1.27 bits per heavy atom. The zero-order valence-electron chi connectivity index (χ0n) is 15.1. The zero-order valence-corrected chi connectivity index (χ0v) is 16.7. The number of allylic oxidation sites excluding steroid dienone is 1. The van der Waals surface area contributed by atoms with Gasteiger partial charge in [0.2, 0.25) is 5.91 Å². The quantitative estimate of drug-likeness (QED) is 0.544. The van der Waals surface area contributed by atoms with E-state index in [1.165, 1.54) is 0 Å². The third kappa shape index (κ3) is 3.53. The van der Waals surface area contributed by atoms with Crippen LogP contribution in [0.5, 0.6) is 5.75 Å². The second-order valence-electron chi connectivity index (χ2n) is 6.20. The Kier molecular flexibility index (Phi) is 5.18. The van der Waals surface area contributed by atoms with E-state index in [0.29, 0.717) is 0 Å². The number of rotatable bonds is 4. The molecule has 0 aliphatic carbocycles. The Bertz CT molecular complexity index is 1020. The van der Waals surface area contributed by atoms with Crippen LogP contribution in [0.4, 0.5) is 5.69 Å². The summed E-state index contributed by atoms with van der Waals surface area (Å²) in [6.45, 7) is 5.86. The van der Waals surface area contributed by atoms with E-state index in [4.69, 9.17) is 9.15 Å². The van der Waals surface area contributed by atoms with E-state index in [1.807, 2.05) is 51.1 Å². The number of halogens is 1. The third-order valence-corrected chi connectivity index (χ3v) is 4.80. The highest BCUT2D eigenvalue weighted by Gasteiger charge is 2.16. The number of carbonyl (C=O) groups is 1. The first kappa shape index (κ1) is 18.3. The maximum absolute atomic E-state index is 12.4. The molecule has 0 atom stereocenters. The summed E-state index contributed by atoms with van der Waals surface area (Å²) in [6, 6.07) is 9.49. The molecule has 0 radical (unpaired) electrons. The number of benzene rings is 2. The molecule has 3 aromatic rings. The maximum Gasteiger partial charge on any atom is 0.248 e. The Hall–Kier alpha value is -2.53. The van der Waals surface area contributed by atoms with Crippen molar-refractivity contribution >= 4 is 44.1 Å². The lowest BCUT2D eigenvalue weighted by Gasteiger charge is -2.13. The number of aryl methyl sites for hydroxylation is 2. The summed E-state index contributed by atoms with van der Waals surface area (Å²) in [5.41, 5.74) is 5.23. The molecule has 0 unspecified atom stereocenters. The minimum atomic E-state index is -0.190. The maximum atomic E-state index is 12.4. The SMILES string of the molecule is COc1c(/C(C)=C/C(=O)Nc2cccc(Br)c2)cc2c(C)coc2c1C. The smallest absolute Gasteiger partial charge is 0.248 e. The first-order valence-electron chi connectivity index (χ1n) is 8.21. The summed E-state index contributed by atoms with van der Waals surface area (Å²) >= 11 is 3.40. The Balaban J connectivity index is 1.98. The van der Waals surface area contributed by atoms with Gasteiger partial charge in [0, 0.05) is 32.7 Å². The average Bonchev–Trinajstić information content (AvgIpc) is 2.96. The second kappa shape index (κ2) is 7.38. The summed E-state index contributed by atoms with van der Waals surface area (Å²) in [6.07, 6.45) is 3.32. The van der Waals surface area contributed by atoms with Crippen molar-refractivity contribution in [2.75, 3.05) is 12.4 Å². The van der Waals surface area contributed by atoms with Crippen molar-refractivity contribution in [3.8, 4) is 5.75 Å². The summed E-state index contributed by atoms with van der Waals surface area (Å²) in [7, 11) is 1.63. The molecule has 4 nitrogen and oxygen atoms in total. The molecule has 1 N–H and O–H groups in total. The number of anilines is 1. The fourth-order valence-corrected chi connectivity index (χ4v) is 3.41. The molecule has 0 saturated carbocycles. The van der Waals surface area contributed by atoms with E-state index >= 15 is 0 Å². The molecule has 0 aliphatic rings. The van der Waals surface area contributed by atoms with Crippen LogP contribution in [0.2, 0.25) is 0 Å². The summed E-state index contributed by atoms with van der Waals surface area (Å²) in [4.78, 5) is 12.4. The van der Waals surface area contributed by atoms with Crippen LogP contribution in [0.15, 0.2) is 51.6 Å². The molecular formula is C21H20BrNO3. The van der Waals surface area contributed by atoms with Gasteiger partial charge in [-0.15, -0.1) is 0 Å². The Labute approximate surface area is 161 Å². The van der Waals surface area contributed by atoms with Crippen molar-refractivity contribution in [2.45, 2.75) is 20.8 Å². The summed E-state index contributed by atoms with van der Waals surface area (Å²) in [5.74, 6) is 0.528. The molecule has 134 valence electrons. The van der Waals surface area contributed by atoms with Crippen molar-refractivity contribution in [3.05, 3.63) is 63.8 Å². The molecule has 0 aliphatic heterocycles. The van der Waals surface area contributed by atoms with E-state index in [2.05, 4.69) is 21.2 Å². The summed E-state index contributed by atoms with van der Waals surface area (Å²) in [5, 5.41) is 3.90. The lowest BCUT2D eigenvalue weighted by atomic mass is 9.98. The third-order valence-electron chi connectivity index (χ3n) is 4.31. The number of nitrogens with one attached hydrogen (secondary N) is 1. The fourth-order valence-electron chi connectivity index (χ4n) is 3.01. The number of amides is 1. The molecule has 1 aromatic heterocycles. The van der Waals surface area contributed by atoms with Gasteiger partial charge in [0.1, 0.15) is 11.3 Å². The number of ether oxygens (including phenoxy) is 1. The van der Waals surface area contributed by atoms with Gasteiger partial charge in [0.15, 0.2) is 0 Å². The van der Waals surface area contributed by atoms with Crippen molar-refractivity contribution < 1.29 is 13.9 Å². The van der Waals surface area contributed by atoms with E-state index < -0.39 is 0 Å². The van der Waals surface area contributed by atoms with E-state index in [-0.39, 0.29) is 5.91 Å². The minimum absolute atomic E-state index is 0.190. The standard InChI is InChI=1S/C21H20BrNO3/c1-12(8-19(24)23-16-7-5-6-15(22)9-16)17-10-18-13(2)11-26-21(18)14(3)20(17)25-4/h5-11H,1-4H3,(H,23,24)/b12-8+. The van der Waals surface area contributed by atoms with Crippen molar-refractivity contribution in [1.29, 1.82) is 0 Å². The van der Waals surface area contributed by atoms with Gasteiger partial charge in [-0.25, -0.2) is 0 Å². The van der Waals surface area contributed by atoms with Crippen LogP contribution in [0.25, 0.3) is 16.5 Å². The van der Waals surface area contributed by atoms with Crippen molar-refractivity contribution in [3.63, 3.8) is 0 Å². The molecule has 5 heteroatoms. The molecule has 0 fully saturated rings. The van der Waals surface area contributed by atoms with Gasteiger partial charge in [-0.2, -0.15) is 0 Å². The highest BCUT2D eigenvalue weighted by Crippen LogP contribution is 2.37. The van der Waals surface area contributed by atoms with Crippen molar-refractivity contribution in [2.24, 2.45) is 0 Å². The lowest BCUT2D eigenvalue weighted by molar-refractivity contribution is -0.111. The highest BCUT2D eigenvalue weighted by molar-refractivity contribution is 9.10. The normalized spacial score (nSPS) is 11.7. The van der Waals surface area contributed by atoms with Crippen LogP contribution >= 0.6 is 15.9 Å². The van der Waals surface area contributed by atoms with Crippen LogP contribution in [-0.4, -0.2) is 13.0 Å². The number of carbonyl (C=O) groups excluding carboxylic acids is 1. The van der Waals surface area contributed by atoms with E-state index in [1.54, 1.807) is 19.4 Å². The monoisotopic (exact) mass is 413 g/mol. The van der Waals surface area contributed by atoms with Crippen LogP contribution in [0.1, 0.15) is 23.6 Å². The van der Waals surface area contributed by atoms with Gasteiger partial charge < -0.3 is 14.5 Å². The van der Waals surface area contributed by atoms with Crippen LogP contribution in [0.3, 0.4) is 0 Å². The van der Waals surface area contributed by atoms with Crippen LogP contribution in [-0.2, 0) is 4.79 Å². The lowest BCUT2D eigenvalue weighted by Crippen LogP contribution is -2.08. The Morgan fingerprint density at radius 3 is 2.73 bits per heavy atom. The van der Waals surface area contributed by atoms with E-state index in [9.17, 15) is 4.79 Å². The molecule has 0 bridgehead atoms. The molecule has 2 aromatic carbocycles. The second-order valence-corrected chi connectivity index (χ2v) is 7.12. The van der Waals surface area contributed by atoms with E-state index in [0.717, 1.165) is 49.1 Å². The van der Waals surface area contributed by atoms with Gasteiger partial charge in [0.05, 0.1) is 13.4 Å². The number of methoxy groups -OCH3 is 1. The molecule has 0 spiro atoms. The fraction of sp³-hybridized carbons (Fsp3) is 0.190. The predicted molar refractivity (Wildman–Crippen MR) is 109 cm³/mol. The largest absolute Gasteiger partial charge is 0.496 e. The topological polar surface area (TPSA) is 51.5 Å². The van der Waals surface area contributed by atoms with Crippen LogP contribution < -0.4 is 10.1 Å². The van der Waals surface area contributed by atoms with Gasteiger partial charge in [0.25, 0.3) is 0 Å². The highest BCUT2D eigenvalue weighted by atomic mass is 79.9. The number of fused-ring (bicyclic) bond motifs is 1. The number of hydrogen-bond donors (Lipinski definition) is 1. The van der Waals surface area contributed by atoms with Gasteiger partial charge >= 0.3 is 0 Å². The first-order valence-corrected chi connectivity index (χ1v) is 9.00. The molecule has 1 amide bonds. The predicted octanol–water partition coefficient (Wildman–Crippen LogP) is 5.86. The van der Waals surface area contributed by atoms with Gasteiger partial charge in [-0.1, -0.05) is 22.0 Å².